The van der Waals surface area contributed by atoms with E-state index < -0.39 is 6.17 Å². The fourth-order valence-electron chi connectivity index (χ4n) is 3.00. The Hall–Kier alpha value is -2.83. The van der Waals surface area contributed by atoms with Gasteiger partial charge in [-0.05, 0) is 42.3 Å². The molecule has 0 radical (unpaired) electrons. The summed E-state index contributed by atoms with van der Waals surface area (Å²) in [6.07, 6.45) is -0.446. The van der Waals surface area contributed by atoms with Crippen molar-refractivity contribution in [3.63, 3.8) is 0 Å². The van der Waals surface area contributed by atoms with Crippen LogP contribution in [0.5, 0.6) is 0 Å². The van der Waals surface area contributed by atoms with Crippen molar-refractivity contribution in [2.45, 2.75) is 19.6 Å². The summed E-state index contributed by atoms with van der Waals surface area (Å²) >= 11 is 11.9. The van der Waals surface area contributed by atoms with E-state index in [4.69, 9.17) is 23.2 Å². The minimum atomic E-state index is -0.446. The van der Waals surface area contributed by atoms with Crippen LogP contribution in [-0.2, 0) is 6.54 Å². The summed E-state index contributed by atoms with van der Waals surface area (Å²) in [7, 11) is 0. The normalized spacial score (nSPS) is 17.0. The molecule has 142 valence electrons. The maximum Gasteiger partial charge on any atom is 0.257 e. The van der Waals surface area contributed by atoms with E-state index in [0.717, 1.165) is 11.1 Å². The molecule has 6 nitrogen and oxygen atoms in total. The molecule has 0 aliphatic carbocycles. The van der Waals surface area contributed by atoms with E-state index in [1.165, 1.54) is 6.07 Å². The van der Waals surface area contributed by atoms with Crippen LogP contribution in [0, 0.1) is 6.92 Å². The SMILES string of the molecule is Cc1cc(=O)n2c(n1)NC(=NCc1ccc(Cl)cc1)N[C@H]2c1ccc(Cl)cc1. The highest BCUT2D eigenvalue weighted by atomic mass is 35.5. The zero-order chi connectivity index (χ0) is 19.7. The molecule has 0 saturated carbocycles. The van der Waals surface area contributed by atoms with Gasteiger partial charge in [0.15, 0.2) is 5.96 Å². The number of anilines is 1. The minimum absolute atomic E-state index is 0.154. The largest absolute Gasteiger partial charge is 0.331 e. The van der Waals surface area contributed by atoms with E-state index in [2.05, 4.69) is 20.6 Å². The van der Waals surface area contributed by atoms with Crippen molar-refractivity contribution >= 4 is 35.1 Å². The number of benzene rings is 2. The van der Waals surface area contributed by atoms with Crippen LogP contribution in [0.2, 0.25) is 10.0 Å². The summed E-state index contributed by atoms with van der Waals surface area (Å²) < 4.78 is 1.57. The number of nitrogens with one attached hydrogen (secondary N) is 2. The number of aryl methyl sites for hydroxylation is 1. The molecular weight excluding hydrogens is 397 g/mol. The molecule has 4 rings (SSSR count). The number of halogens is 2. The third-order valence-corrected chi connectivity index (χ3v) is 4.86. The fourth-order valence-corrected chi connectivity index (χ4v) is 3.25. The number of aliphatic imine (C=N–C) groups is 1. The Morgan fingerprint density at radius 1 is 1.07 bits per heavy atom. The van der Waals surface area contributed by atoms with Crippen LogP contribution < -0.4 is 16.2 Å². The fraction of sp³-hybridized carbons (Fsp3) is 0.150. The lowest BCUT2D eigenvalue weighted by Gasteiger charge is -2.31. The second-order valence-corrected chi connectivity index (χ2v) is 7.32. The molecular formula is C20H17Cl2N5O. The zero-order valence-corrected chi connectivity index (χ0v) is 16.5. The van der Waals surface area contributed by atoms with Crippen LogP contribution in [0.4, 0.5) is 5.95 Å². The van der Waals surface area contributed by atoms with Gasteiger partial charge in [-0.1, -0.05) is 47.5 Å². The van der Waals surface area contributed by atoms with Crippen molar-refractivity contribution in [3.05, 3.63) is 91.8 Å². The van der Waals surface area contributed by atoms with Gasteiger partial charge < -0.3 is 5.32 Å². The maximum atomic E-state index is 12.6. The van der Waals surface area contributed by atoms with Gasteiger partial charge in [-0.3, -0.25) is 14.7 Å². The van der Waals surface area contributed by atoms with E-state index >= 15 is 0 Å². The van der Waals surface area contributed by atoms with Crippen LogP contribution in [0.1, 0.15) is 23.0 Å². The minimum Gasteiger partial charge on any atom is -0.331 e. The van der Waals surface area contributed by atoms with Gasteiger partial charge in [0.1, 0.15) is 6.17 Å². The Kier molecular flexibility index (Phi) is 5.07. The van der Waals surface area contributed by atoms with E-state index in [9.17, 15) is 4.79 Å². The first-order chi connectivity index (χ1) is 13.5. The molecule has 1 aromatic heterocycles. The quantitative estimate of drug-likeness (QED) is 0.680. The van der Waals surface area contributed by atoms with Crippen molar-refractivity contribution in [1.29, 1.82) is 0 Å². The third kappa shape index (κ3) is 3.88. The highest BCUT2D eigenvalue weighted by molar-refractivity contribution is 6.30. The van der Waals surface area contributed by atoms with Gasteiger partial charge in [0, 0.05) is 21.8 Å². The molecule has 0 spiro atoms. The van der Waals surface area contributed by atoms with Crippen molar-refractivity contribution in [3.8, 4) is 0 Å². The van der Waals surface area contributed by atoms with Gasteiger partial charge in [-0.2, -0.15) is 0 Å². The molecule has 1 aliphatic heterocycles. The molecule has 2 heterocycles. The predicted octanol–water partition coefficient (Wildman–Crippen LogP) is 3.98. The van der Waals surface area contributed by atoms with Gasteiger partial charge in [0.25, 0.3) is 5.56 Å². The lowest BCUT2D eigenvalue weighted by molar-refractivity contribution is 0.515. The lowest BCUT2D eigenvalue weighted by atomic mass is 10.1. The second kappa shape index (κ2) is 7.66. The third-order valence-electron chi connectivity index (χ3n) is 4.36. The average molecular weight is 414 g/mol. The highest BCUT2D eigenvalue weighted by Crippen LogP contribution is 2.23. The summed E-state index contributed by atoms with van der Waals surface area (Å²) in [5.41, 5.74) is 2.37. The number of hydrogen-bond acceptors (Lipinski definition) is 3. The van der Waals surface area contributed by atoms with E-state index in [1.54, 1.807) is 23.6 Å². The monoisotopic (exact) mass is 413 g/mol. The molecule has 8 heteroatoms. The Morgan fingerprint density at radius 3 is 2.39 bits per heavy atom. The second-order valence-electron chi connectivity index (χ2n) is 6.44. The van der Waals surface area contributed by atoms with E-state index in [0.29, 0.717) is 34.2 Å². The molecule has 1 atom stereocenters. The summed E-state index contributed by atoms with van der Waals surface area (Å²) in [5.74, 6) is 0.978. The van der Waals surface area contributed by atoms with Gasteiger partial charge >= 0.3 is 0 Å². The molecule has 0 amide bonds. The summed E-state index contributed by atoms with van der Waals surface area (Å²) in [4.78, 5) is 21.7. The smallest absolute Gasteiger partial charge is 0.257 e. The number of nitrogens with zero attached hydrogens (tertiary/aromatic N) is 3. The van der Waals surface area contributed by atoms with Gasteiger partial charge in [-0.15, -0.1) is 0 Å². The Bertz CT molecular complexity index is 1090. The molecule has 28 heavy (non-hydrogen) atoms. The summed E-state index contributed by atoms with van der Waals surface area (Å²) in [5, 5.41) is 7.70. The standard InChI is InChI=1S/C20H17Cl2N5O/c1-12-10-17(28)27-18(14-4-8-16(22)9-5-14)25-19(26-20(27)24-12)23-11-13-2-6-15(21)7-3-13/h2-10,18H,11H2,1H3,(H2,23,24,25,26)/t18-/m1/s1. The molecule has 0 bridgehead atoms. The van der Waals surface area contributed by atoms with Gasteiger partial charge in [0.2, 0.25) is 5.95 Å². The molecule has 3 aromatic rings. The van der Waals surface area contributed by atoms with Gasteiger partial charge in [0.05, 0.1) is 6.54 Å². The summed E-state index contributed by atoms with van der Waals surface area (Å²) in [6, 6.07) is 16.3. The van der Waals surface area contributed by atoms with E-state index in [1.807, 2.05) is 36.4 Å². The van der Waals surface area contributed by atoms with Crippen molar-refractivity contribution in [2.24, 2.45) is 4.99 Å². The Labute approximate surface area is 171 Å². The number of rotatable bonds is 3. The highest BCUT2D eigenvalue weighted by Gasteiger charge is 2.26. The lowest BCUT2D eigenvalue weighted by Crippen LogP contribution is -2.48. The predicted molar refractivity (Wildman–Crippen MR) is 112 cm³/mol. The van der Waals surface area contributed by atoms with E-state index in [-0.39, 0.29) is 5.56 Å². The Morgan fingerprint density at radius 2 is 1.71 bits per heavy atom. The Balaban J connectivity index is 1.71. The average Bonchev–Trinajstić information content (AvgIpc) is 2.67. The zero-order valence-electron chi connectivity index (χ0n) is 15.0. The topological polar surface area (TPSA) is 71.3 Å². The summed E-state index contributed by atoms with van der Waals surface area (Å²) in [6.45, 7) is 2.24. The number of fused-ring (bicyclic) bond motifs is 1. The number of hydrogen-bond donors (Lipinski definition) is 2. The van der Waals surface area contributed by atoms with Crippen molar-refractivity contribution in [2.75, 3.05) is 5.32 Å². The van der Waals surface area contributed by atoms with Crippen molar-refractivity contribution < 1.29 is 0 Å². The molecule has 2 N–H and O–H groups in total. The first-order valence-electron chi connectivity index (χ1n) is 8.68. The van der Waals surface area contributed by atoms with Crippen LogP contribution in [0.25, 0.3) is 0 Å². The molecule has 0 saturated heterocycles. The van der Waals surface area contributed by atoms with Crippen LogP contribution in [0.15, 0.2) is 64.4 Å². The molecule has 0 unspecified atom stereocenters. The van der Waals surface area contributed by atoms with Crippen molar-refractivity contribution in [1.82, 2.24) is 14.9 Å². The molecule has 0 fully saturated rings. The first kappa shape index (κ1) is 18.5. The van der Waals surface area contributed by atoms with Crippen LogP contribution in [0.3, 0.4) is 0 Å². The molecule has 1 aliphatic rings. The van der Waals surface area contributed by atoms with Crippen LogP contribution in [-0.4, -0.2) is 15.5 Å². The number of guanidine groups is 1. The molecule has 2 aromatic carbocycles. The maximum absolute atomic E-state index is 12.6. The van der Waals surface area contributed by atoms with Gasteiger partial charge in [-0.25, -0.2) is 9.98 Å². The first-order valence-corrected chi connectivity index (χ1v) is 9.43. The number of aromatic nitrogens is 2. The van der Waals surface area contributed by atoms with Crippen LogP contribution >= 0.6 is 23.2 Å².